The quantitative estimate of drug-likeness (QED) is 0.378. The van der Waals surface area contributed by atoms with E-state index < -0.39 is 11.7 Å². The second-order valence-electron chi connectivity index (χ2n) is 12.2. The molecule has 7 rings (SSSR count). The van der Waals surface area contributed by atoms with Crippen molar-refractivity contribution in [2.24, 2.45) is 18.4 Å². The van der Waals surface area contributed by atoms with Gasteiger partial charge >= 0.3 is 6.18 Å². The predicted molar refractivity (Wildman–Crippen MR) is 148 cm³/mol. The lowest BCUT2D eigenvalue weighted by atomic mass is 9.57. The number of nitrogens with zero attached hydrogens (tertiary/aromatic N) is 7. The maximum absolute atomic E-state index is 14.3. The van der Waals surface area contributed by atoms with Crippen LogP contribution in [0.15, 0.2) is 48.9 Å². The largest absolute Gasteiger partial charge is 0.417 e. The molecule has 2 aromatic carbocycles. The van der Waals surface area contributed by atoms with E-state index in [9.17, 15) is 18.4 Å². The summed E-state index contributed by atoms with van der Waals surface area (Å²) in [7, 11) is 1.90. The van der Waals surface area contributed by atoms with Crippen molar-refractivity contribution in [3.8, 4) is 11.8 Å². The van der Waals surface area contributed by atoms with Gasteiger partial charge in [-0.3, -0.25) is 0 Å². The van der Waals surface area contributed by atoms with Crippen molar-refractivity contribution in [3.63, 3.8) is 0 Å². The second-order valence-corrected chi connectivity index (χ2v) is 12.2. The number of fused-ring (bicyclic) bond motifs is 1. The second kappa shape index (κ2) is 9.31. The molecule has 3 fully saturated rings. The summed E-state index contributed by atoms with van der Waals surface area (Å²) in [5, 5.41) is 25.9. The molecule has 8 nitrogen and oxygen atoms in total. The summed E-state index contributed by atoms with van der Waals surface area (Å²) in [6.45, 7) is 3.47. The minimum atomic E-state index is -4.50. The fourth-order valence-electron chi connectivity index (χ4n) is 7.08. The molecular formula is C30H31F3N8. The van der Waals surface area contributed by atoms with Gasteiger partial charge in [-0.25, -0.2) is 4.68 Å². The van der Waals surface area contributed by atoms with E-state index >= 15 is 0 Å². The Kier molecular flexibility index (Phi) is 5.91. The van der Waals surface area contributed by atoms with Crippen LogP contribution in [0.5, 0.6) is 0 Å². The van der Waals surface area contributed by atoms with E-state index in [2.05, 4.69) is 31.6 Å². The molecule has 1 spiro atoms. The van der Waals surface area contributed by atoms with Gasteiger partial charge in [0.2, 0.25) is 0 Å². The first-order valence-electron chi connectivity index (χ1n) is 14.1. The van der Waals surface area contributed by atoms with Gasteiger partial charge in [-0.15, -0.1) is 10.2 Å². The normalized spacial score (nSPS) is 23.8. The molecule has 0 unspecified atom stereocenters. The van der Waals surface area contributed by atoms with Crippen LogP contribution < -0.4 is 10.2 Å². The van der Waals surface area contributed by atoms with Crippen molar-refractivity contribution < 1.29 is 13.2 Å². The van der Waals surface area contributed by atoms with Crippen LogP contribution in [0.2, 0.25) is 0 Å². The number of aryl methyl sites for hydroxylation is 1. The molecule has 212 valence electrons. The fraction of sp³-hybridized carbons (Fsp3) is 0.467. The van der Waals surface area contributed by atoms with Crippen molar-refractivity contribution in [1.82, 2.24) is 29.9 Å². The van der Waals surface area contributed by atoms with Crippen LogP contribution in [0.4, 0.5) is 18.9 Å². The van der Waals surface area contributed by atoms with Crippen LogP contribution in [0, 0.1) is 22.7 Å². The van der Waals surface area contributed by atoms with E-state index in [0.29, 0.717) is 36.2 Å². The van der Waals surface area contributed by atoms with Gasteiger partial charge in [-0.1, -0.05) is 12.1 Å². The first-order chi connectivity index (χ1) is 19.7. The summed E-state index contributed by atoms with van der Waals surface area (Å²) in [6, 6.07) is 13.2. The van der Waals surface area contributed by atoms with Gasteiger partial charge in [0.1, 0.15) is 12.2 Å². The molecule has 1 aliphatic carbocycles. The highest BCUT2D eigenvalue weighted by molar-refractivity contribution is 5.87. The number of hydrogen-bond donors (Lipinski definition) is 1. The molecule has 1 N–H and O–H groups in total. The number of benzene rings is 2. The van der Waals surface area contributed by atoms with Gasteiger partial charge < -0.3 is 14.8 Å². The Balaban J connectivity index is 1.24. The Bertz CT molecular complexity index is 1640. The first-order valence-corrected chi connectivity index (χ1v) is 14.1. The van der Waals surface area contributed by atoms with Gasteiger partial charge in [0.05, 0.1) is 22.8 Å². The van der Waals surface area contributed by atoms with E-state index in [1.54, 1.807) is 17.1 Å². The summed E-state index contributed by atoms with van der Waals surface area (Å²) < 4.78 is 46.3. The minimum absolute atomic E-state index is 0.0440. The van der Waals surface area contributed by atoms with Crippen LogP contribution in [0.3, 0.4) is 0 Å². The van der Waals surface area contributed by atoms with E-state index in [1.165, 1.54) is 12.3 Å². The number of rotatable bonds is 5. The Hall–Kier alpha value is -3.91. The Morgan fingerprint density at radius 3 is 2.56 bits per heavy atom. The zero-order chi connectivity index (χ0) is 28.4. The lowest BCUT2D eigenvalue weighted by Crippen LogP contribution is -2.60. The zero-order valence-corrected chi connectivity index (χ0v) is 22.8. The van der Waals surface area contributed by atoms with Crippen molar-refractivity contribution in [2.75, 3.05) is 31.1 Å². The molecule has 0 radical (unpaired) electrons. The summed E-state index contributed by atoms with van der Waals surface area (Å²) in [6.07, 6.45) is 2.76. The highest BCUT2D eigenvalue weighted by atomic mass is 19.4. The molecule has 41 heavy (non-hydrogen) atoms. The number of piperidine rings is 1. The average Bonchev–Trinajstić information content (AvgIpc) is 3.54. The zero-order valence-electron chi connectivity index (χ0n) is 22.8. The van der Waals surface area contributed by atoms with Crippen LogP contribution >= 0.6 is 0 Å². The van der Waals surface area contributed by atoms with Crippen molar-refractivity contribution >= 4 is 16.6 Å². The Morgan fingerprint density at radius 1 is 1.10 bits per heavy atom. The molecule has 0 bridgehead atoms. The van der Waals surface area contributed by atoms with Gasteiger partial charge in [0, 0.05) is 60.6 Å². The highest BCUT2D eigenvalue weighted by Crippen LogP contribution is 2.50. The molecule has 0 amide bonds. The topological polar surface area (TPSA) is 87.6 Å². The molecule has 11 heteroatoms. The van der Waals surface area contributed by atoms with E-state index in [-0.39, 0.29) is 22.1 Å². The molecule has 4 aromatic rings. The van der Waals surface area contributed by atoms with E-state index in [1.807, 2.05) is 35.9 Å². The number of aromatic nitrogens is 5. The number of nitriles is 1. The number of hydrogen-bond acceptors (Lipinski definition) is 6. The molecule has 2 aromatic heterocycles. The summed E-state index contributed by atoms with van der Waals surface area (Å²) >= 11 is 0. The predicted octanol–water partition coefficient (Wildman–Crippen LogP) is 4.78. The summed E-state index contributed by atoms with van der Waals surface area (Å²) in [5.74, 6) is 0.786. The van der Waals surface area contributed by atoms with Crippen molar-refractivity contribution in [1.29, 1.82) is 5.26 Å². The van der Waals surface area contributed by atoms with Gasteiger partial charge in [-0.2, -0.15) is 23.5 Å². The van der Waals surface area contributed by atoms with Crippen LogP contribution in [-0.2, 0) is 25.1 Å². The Morgan fingerprint density at radius 2 is 1.88 bits per heavy atom. The molecule has 3 aliphatic rings. The number of halogens is 3. The smallest absolute Gasteiger partial charge is 0.370 e. The maximum Gasteiger partial charge on any atom is 0.417 e. The monoisotopic (exact) mass is 560 g/mol. The van der Waals surface area contributed by atoms with Gasteiger partial charge in [0.25, 0.3) is 0 Å². The molecule has 2 saturated heterocycles. The lowest BCUT2D eigenvalue weighted by Gasteiger charge is -2.53. The van der Waals surface area contributed by atoms with Crippen LogP contribution in [-0.4, -0.2) is 50.7 Å². The third kappa shape index (κ3) is 4.45. The first kappa shape index (κ1) is 26.0. The molecule has 2 aliphatic heterocycles. The molecule has 0 atom stereocenters. The highest BCUT2D eigenvalue weighted by Gasteiger charge is 2.47. The van der Waals surface area contributed by atoms with Crippen molar-refractivity contribution in [2.45, 2.75) is 43.7 Å². The van der Waals surface area contributed by atoms with E-state index in [4.69, 9.17) is 0 Å². The third-order valence-corrected chi connectivity index (χ3v) is 9.48. The van der Waals surface area contributed by atoms with Gasteiger partial charge in [0.15, 0.2) is 0 Å². The maximum atomic E-state index is 14.3. The standard InChI is InChI=1S/C30H31F3N8/c1-39-19-36-37-27(39)14-29(12-20(13-29)15-34)21-3-2-4-22(9-21)41-16-24-25(30(31,32)33)10-23(11-26(24)38-41)40-17-28(18-40)5-7-35-8-6-28/h2-4,9-11,16,19-20,35H,5-8,12-14,17-18H2,1H3. The molecule has 4 heterocycles. The fourth-order valence-corrected chi connectivity index (χ4v) is 7.08. The number of nitrogens with one attached hydrogen (secondary N) is 1. The SMILES string of the molecule is Cn1cnnc1CC1(c2cccc(-n3cc4c(C(F)(F)F)cc(N5CC6(CCNCC6)C5)cc4n3)c2)CC(C#N)C1. The van der Waals surface area contributed by atoms with Gasteiger partial charge in [-0.05, 0) is 68.6 Å². The Labute approximate surface area is 235 Å². The van der Waals surface area contributed by atoms with Crippen molar-refractivity contribution in [3.05, 3.63) is 65.9 Å². The van der Waals surface area contributed by atoms with Crippen LogP contribution in [0.1, 0.15) is 42.6 Å². The lowest BCUT2D eigenvalue weighted by molar-refractivity contribution is -0.136. The third-order valence-electron chi connectivity index (χ3n) is 9.48. The van der Waals surface area contributed by atoms with E-state index in [0.717, 1.165) is 50.4 Å². The average molecular weight is 561 g/mol. The molecule has 1 saturated carbocycles. The minimum Gasteiger partial charge on any atom is -0.370 e. The number of anilines is 1. The molecular weight excluding hydrogens is 529 g/mol. The number of alkyl halides is 3. The van der Waals surface area contributed by atoms with Crippen LogP contribution in [0.25, 0.3) is 16.6 Å². The summed E-state index contributed by atoms with van der Waals surface area (Å²) in [5.41, 5.74) is 1.86. The summed E-state index contributed by atoms with van der Waals surface area (Å²) in [4.78, 5) is 2.05.